The van der Waals surface area contributed by atoms with Crippen LogP contribution in [-0.4, -0.2) is 32.1 Å². The van der Waals surface area contributed by atoms with E-state index >= 15 is 0 Å². The molecule has 5 nitrogen and oxygen atoms in total. The summed E-state index contributed by atoms with van der Waals surface area (Å²) in [6.45, 7) is 4.93. The number of rotatable bonds is 7. The van der Waals surface area contributed by atoms with E-state index in [1.165, 1.54) is 16.2 Å². The van der Waals surface area contributed by atoms with Crippen LogP contribution in [0.15, 0.2) is 30.3 Å². The fourth-order valence-corrected chi connectivity index (χ4v) is 3.33. The lowest BCUT2D eigenvalue weighted by Crippen LogP contribution is -2.28. The number of amides is 2. The van der Waals surface area contributed by atoms with Gasteiger partial charge in [-0.1, -0.05) is 19.1 Å². The Balaban J connectivity index is 2.14. The van der Waals surface area contributed by atoms with Gasteiger partial charge in [-0.15, -0.1) is 11.3 Å². The van der Waals surface area contributed by atoms with Gasteiger partial charge >= 0.3 is 0 Å². The highest BCUT2D eigenvalue weighted by atomic mass is 32.1. The molecule has 6 heteroatoms. The normalized spacial score (nSPS) is 10.5. The number of carbonyl (C=O) groups is 2. The van der Waals surface area contributed by atoms with Gasteiger partial charge < -0.3 is 15.4 Å². The molecule has 0 aliphatic heterocycles. The number of hydrogen-bond donors (Lipinski definition) is 2. The van der Waals surface area contributed by atoms with Gasteiger partial charge in [0.2, 0.25) is 0 Å². The van der Waals surface area contributed by atoms with Crippen molar-refractivity contribution in [2.75, 3.05) is 25.6 Å². The lowest BCUT2D eigenvalue weighted by Gasteiger charge is -2.10. The monoisotopic (exact) mass is 346 g/mol. The second kappa shape index (κ2) is 8.61. The van der Waals surface area contributed by atoms with E-state index in [1.807, 2.05) is 13.0 Å². The Bertz CT molecular complexity index is 725. The van der Waals surface area contributed by atoms with Crippen LogP contribution in [0.3, 0.4) is 0 Å². The third kappa shape index (κ3) is 4.43. The van der Waals surface area contributed by atoms with Gasteiger partial charge in [-0.25, -0.2) is 0 Å². The predicted octanol–water partition coefficient (Wildman–Crippen LogP) is 3.25. The molecule has 1 heterocycles. The van der Waals surface area contributed by atoms with E-state index in [1.54, 1.807) is 31.4 Å². The number of thiophene rings is 1. The number of nitrogens with one attached hydrogen (secondary N) is 2. The minimum absolute atomic E-state index is 0.194. The zero-order chi connectivity index (χ0) is 17.5. The maximum absolute atomic E-state index is 12.5. The van der Waals surface area contributed by atoms with Crippen molar-refractivity contribution >= 4 is 28.8 Å². The van der Waals surface area contributed by atoms with Crippen LogP contribution in [0.25, 0.3) is 0 Å². The average Bonchev–Trinajstić information content (AvgIpc) is 2.96. The second-order valence-electron chi connectivity index (χ2n) is 5.32. The summed E-state index contributed by atoms with van der Waals surface area (Å²) in [6.07, 6.45) is 0.905. The summed E-state index contributed by atoms with van der Waals surface area (Å²) in [5.74, 6) is -0.431. The zero-order valence-electron chi connectivity index (χ0n) is 14.1. The molecule has 1 aromatic heterocycles. The minimum Gasteiger partial charge on any atom is -0.383 e. The summed E-state index contributed by atoms with van der Waals surface area (Å²) in [4.78, 5) is 26.6. The van der Waals surface area contributed by atoms with Gasteiger partial charge in [-0.2, -0.15) is 0 Å². The smallest absolute Gasteiger partial charge is 0.265 e. The first kappa shape index (κ1) is 18.2. The number of methoxy groups -OCH3 is 1. The first-order valence-corrected chi connectivity index (χ1v) is 8.65. The molecular formula is C18H22N2O3S. The fraction of sp³-hybridized carbons (Fsp3) is 0.333. The van der Waals surface area contributed by atoms with Crippen LogP contribution < -0.4 is 10.6 Å². The Morgan fingerprint density at radius 3 is 2.62 bits per heavy atom. The van der Waals surface area contributed by atoms with Crippen molar-refractivity contribution in [3.63, 3.8) is 0 Å². The minimum atomic E-state index is -0.237. The molecule has 2 aromatic rings. The molecule has 2 rings (SSSR count). The van der Waals surface area contributed by atoms with Gasteiger partial charge in [0.15, 0.2) is 0 Å². The number of anilines is 1. The number of benzene rings is 1. The van der Waals surface area contributed by atoms with Gasteiger partial charge in [0.1, 0.15) is 0 Å². The van der Waals surface area contributed by atoms with Crippen molar-refractivity contribution in [1.82, 2.24) is 5.32 Å². The molecule has 0 aliphatic rings. The molecule has 0 aliphatic carbocycles. The highest BCUT2D eigenvalue weighted by Gasteiger charge is 2.16. The van der Waals surface area contributed by atoms with Gasteiger partial charge in [0, 0.05) is 18.5 Å². The molecule has 1 aromatic carbocycles. The molecule has 128 valence electrons. The Morgan fingerprint density at radius 2 is 1.96 bits per heavy atom. The zero-order valence-corrected chi connectivity index (χ0v) is 15.0. The van der Waals surface area contributed by atoms with Crippen molar-refractivity contribution in [2.45, 2.75) is 20.3 Å². The molecule has 0 radical (unpaired) electrons. The van der Waals surface area contributed by atoms with Crippen LogP contribution >= 0.6 is 11.3 Å². The maximum Gasteiger partial charge on any atom is 0.265 e. The van der Waals surface area contributed by atoms with E-state index < -0.39 is 0 Å². The van der Waals surface area contributed by atoms with E-state index in [-0.39, 0.29) is 11.8 Å². The van der Waals surface area contributed by atoms with Crippen molar-refractivity contribution in [1.29, 1.82) is 0 Å². The van der Waals surface area contributed by atoms with Crippen LogP contribution in [0.4, 0.5) is 5.69 Å². The Morgan fingerprint density at radius 1 is 1.21 bits per heavy atom. The standard InChI is InChI=1S/C18H22N2O3S/c1-4-15-12(2)11-16(24-15)18(22)20-14-8-6-5-7-13(14)17(21)19-9-10-23-3/h5-8,11H,4,9-10H2,1-3H3,(H,19,21)(H,20,22). The molecule has 2 N–H and O–H groups in total. The van der Waals surface area contributed by atoms with Crippen LogP contribution in [0, 0.1) is 6.92 Å². The van der Waals surface area contributed by atoms with Crippen LogP contribution in [0.5, 0.6) is 0 Å². The van der Waals surface area contributed by atoms with E-state index in [0.29, 0.717) is 29.3 Å². The second-order valence-corrected chi connectivity index (χ2v) is 6.46. The summed E-state index contributed by atoms with van der Waals surface area (Å²) in [5, 5.41) is 5.61. The largest absolute Gasteiger partial charge is 0.383 e. The third-order valence-electron chi connectivity index (χ3n) is 3.58. The number of aryl methyl sites for hydroxylation is 2. The first-order chi connectivity index (χ1) is 11.6. The highest BCUT2D eigenvalue weighted by Crippen LogP contribution is 2.24. The summed E-state index contributed by atoms with van der Waals surface area (Å²) in [6, 6.07) is 8.86. The highest BCUT2D eigenvalue weighted by molar-refractivity contribution is 7.14. The molecule has 0 saturated heterocycles. The predicted molar refractivity (Wildman–Crippen MR) is 97.0 cm³/mol. The summed E-state index contributed by atoms with van der Waals surface area (Å²) >= 11 is 1.49. The fourth-order valence-electron chi connectivity index (χ4n) is 2.32. The van der Waals surface area contributed by atoms with Gasteiger partial charge in [-0.05, 0) is 37.1 Å². The Labute approximate surface area is 146 Å². The van der Waals surface area contributed by atoms with E-state index in [0.717, 1.165) is 12.0 Å². The lowest BCUT2D eigenvalue weighted by atomic mass is 10.1. The molecule has 0 fully saturated rings. The Kier molecular flexibility index (Phi) is 6.52. The molecule has 0 atom stereocenters. The Hall–Kier alpha value is -2.18. The number of para-hydroxylation sites is 1. The molecule has 24 heavy (non-hydrogen) atoms. The van der Waals surface area contributed by atoms with E-state index in [9.17, 15) is 9.59 Å². The molecule has 0 unspecified atom stereocenters. The van der Waals surface area contributed by atoms with Crippen molar-refractivity contribution < 1.29 is 14.3 Å². The molecule has 0 bridgehead atoms. The van der Waals surface area contributed by atoms with E-state index in [2.05, 4.69) is 17.6 Å². The maximum atomic E-state index is 12.5. The van der Waals surface area contributed by atoms with Gasteiger partial charge in [0.05, 0.1) is 22.7 Å². The average molecular weight is 346 g/mol. The first-order valence-electron chi connectivity index (χ1n) is 7.83. The molecule has 2 amide bonds. The van der Waals surface area contributed by atoms with Crippen LogP contribution in [0.2, 0.25) is 0 Å². The third-order valence-corrected chi connectivity index (χ3v) is 4.96. The van der Waals surface area contributed by atoms with Gasteiger partial charge in [0.25, 0.3) is 11.8 Å². The summed E-state index contributed by atoms with van der Waals surface area (Å²) in [7, 11) is 1.58. The summed E-state index contributed by atoms with van der Waals surface area (Å²) in [5.41, 5.74) is 2.06. The van der Waals surface area contributed by atoms with Crippen LogP contribution in [0.1, 0.15) is 37.4 Å². The number of hydrogen-bond acceptors (Lipinski definition) is 4. The number of carbonyl (C=O) groups excluding carboxylic acids is 2. The van der Waals surface area contributed by atoms with Crippen molar-refractivity contribution in [2.24, 2.45) is 0 Å². The van der Waals surface area contributed by atoms with Crippen LogP contribution in [-0.2, 0) is 11.2 Å². The number of ether oxygens (including phenoxy) is 1. The molecule has 0 saturated carbocycles. The lowest BCUT2D eigenvalue weighted by molar-refractivity contribution is 0.0938. The molecular weight excluding hydrogens is 324 g/mol. The van der Waals surface area contributed by atoms with Crippen molar-refractivity contribution in [3.8, 4) is 0 Å². The SMILES string of the molecule is CCc1sc(C(=O)Nc2ccccc2C(=O)NCCOC)cc1C. The quantitative estimate of drug-likeness (QED) is 0.756. The van der Waals surface area contributed by atoms with Gasteiger partial charge in [-0.3, -0.25) is 9.59 Å². The van der Waals surface area contributed by atoms with Crippen molar-refractivity contribution in [3.05, 3.63) is 51.2 Å². The summed E-state index contributed by atoms with van der Waals surface area (Å²) < 4.78 is 4.92. The van der Waals surface area contributed by atoms with E-state index in [4.69, 9.17) is 4.74 Å². The topological polar surface area (TPSA) is 67.4 Å². The molecule has 0 spiro atoms.